The van der Waals surface area contributed by atoms with Gasteiger partial charge in [0.25, 0.3) is 5.91 Å². The summed E-state index contributed by atoms with van der Waals surface area (Å²) < 4.78 is 0. The van der Waals surface area contributed by atoms with Crippen molar-refractivity contribution in [3.63, 3.8) is 0 Å². The van der Waals surface area contributed by atoms with Gasteiger partial charge in [0.05, 0.1) is 11.9 Å². The maximum absolute atomic E-state index is 12.9. The smallest absolute Gasteiger partial charge is 0.272 e. The molecule has 0 unspecified atom stereocenters. The molecule has 0 N–H and O–H groups in total. The summed E-state index contributed by atoms with van der Waals surface area (Å²) in [5, 5.41) is 0. The van der Waals surface area contributed by atoms with Gasteiger partial charge in [-0.05, 0) is 43.3 Å². The van der Waals surface area contributed by atoms with Crippen molar-refractivity contribution in [1.29, 1.82) is 0 Å². The Bertz CT molecular complexity index is 821. The number of amides is 1. The lowest BCUT2D eigenvalue weighted by molar-refractivity contribution is 0.0741. The Morgan fingerprint density at radius 1 is 0.897 bits per heavy atom. The van der Waals surface area contributed by atoms with Gasteiger partial charge < -0.3 is 19.6 Å². The first-order chi connectivity index (χ1) is 14.1. The average molecular weight is 394 g/mol. The number of carbonyl (C=O) groups excluding carboxylic acids is 1. The Kier molecular flexibility index (Phi) is 6.00. The molecule has 0 aliphatic carbocycles. The first-order valence-electron chi connectivity index (χ1n) is 10.7. The van der Waals surface area contributed by atoms with E-state index in [1.165, 1.54) is 11.3 Å². The number of benzene rings is 1. The van der Waals surface area contributed by atoms with E-state index in [4.69, 9.17) is 0 Å². The standard InChI is InChI=1S/C23H31N5O/c1-3-25-9-11-27(12-10-25)21-7-8-22(24-18-21)23(29)28-15-13-26(14-16-28)20-6-4-5-19(2)17-20/h4-8,17-18H,3,9-16H2,1-2H3. The van der Waals surface area contributed by atoms with Crippen LogP contribution < -0.4 is 9.80 Å². The van der Waals surface area contributed by atoms with Gasteiger partial charge in [-0.15, -0.1) is 0 Å². The van der Waals surface area contributed by atoms with Crippen molar-refractivity contribution in [2.45, 2.75) is 13.8 Å². The van der Waals surface area contributed by atoms with Gasteiger partial charge in [-0.25, -0.2) is 4.98 Å². The summed E-state index contributed by atoms with van der Waals surface area (Å²) in [5.74, 6) is 0.0382. The average Bonchev–Trinajstić information content (AvgIpc) is 2.79. The van der Waals surface area contributed by atoms with Crippen molar-refractivity contribution in [2.75, 3.05) is 68.7 Å². The molecule has 2 aliphatic heterocycles. The molecule has 0 bridgehead atoms. The zero-order valence-electron chi connectivity index (χ0n) is 17.5. The van der Waals surface area contributed by atoms with E-state index in [9.17, 15) is 4.79 Å². The molecule has 2 saturated heterocycles. The van der Waals surface area contributed by atoms with Gasteiger partial charge in [0.15, 0.2) is 0 Å². The number of likely N-dealkylation sites (N-methyl/N-ethyl adjacent to an activating group) is 1. The van der Waals surface area contributed by atoms with Crippen molar-refractivity contribution < 1.29 is 4.79 Å². The summed E-state index contributed by atoms with van der Waals surface area (Å²) in [6.07, 6.45) is 1.86. The fraction of sp³-hybridized carbons (Fsp3) is 0.478. The van der Waals surface area contributed by atoms with Crippen molar-refractivity contribution in [2.24, 2.45) is 0 Å². The van der Waals surface area contributed by atoms with Crippen LogP contribution in [0.1, 0.15) is 23.0 Å². The first kappa shape index (κ1) is 19.7. The van der Waals surface area contributed by atoms with E-state index < -0.39 is 0 Å². The monoisotopic (exact) mass is 393 g/mol. The molecule has 6 heteroatoms. The van der Waals surface area contributed by atoms with Crippen molar-refractivity contribution in [1.82, 2.24) is 14.8 Å². The highest BCUT2D eigenvalue weighted by Crippen LogP contribution is 2.20. The minimum Gasteiger partial charge on any atom is -0.368 e. The quantitative estimate of drug-likeness (QED) is 0.799. The number of nitrogens with zero attached hydrogens (tertiary/aromatic N) is 5. The number of rotatable bonds is 4. The lowest BCUT2D eigenvalue weighted by Crippen LogP contribution is -2.49. The van der Waals surface area contributed by atoms with E-state index in [0.29, 0.717) is 5.69 Å². The SMILES string of the molecule is CCN1CCN(c2ccc(C(=O)N3CCN(c4cccc(C)c4)CC3)nc2)CC1. The normalized spacial score (nSPS) is 18.2. The summed E-state index contributed by atoms with van der Waals surface area (Å²) >= 11 is 0. The number of hydrogen-bond donors (Lipinski definition) is 0. The molecule has 2 aromatic rings. The molecule has 29 heavy (non-hydrogen) atoms. The molecule has 1 aromatic carbocycles. The lowest BCUT2D eigenvalue weighted by atomic mass is 10.2. The predicted octanol–water partition coefficient (Wildman–Crippen LogP) is 2.49. The Morgan fingerprint density at radius 3 is 2.21 bits per heavy atom. The highest BCUT2D eigenvalue weighted by Gasteiger charge is 2.23. The number of pyridine rings is 1. The van der Waals surface area contributed by atoms with E-state index in [2.05, 4.69) is 57.8 Å². The van der Waals surface area contributed by atoms with Crippen LogP contribution in [0.3, 0.4) is 0 Å². The predicted molar refractivity (Wildman–Crippen MR) is 118 cm³/mol. The zero-order chi connectivity index (χ0) is 20.2. The summed E-state index contributed by atoms with van der Waals surface area (Å²) in [5.41, 5.74) is 4.16. The Balaban J connectivity index is 1.33. The fourth-order valence-corrected chi connectivity index (χ4v) is 4.18. The molecule has 2 fully saturated rings. The van der Waals surface area contributed by atoms with Crippen LogP contribution in [0.4, 0.5) is 11.4 Å². The Hall–Kier alpha value is -2.60. The summed E-state index contributed by atoms with van der Waals surface area (Å²) in [7, 11) is 0. The van der Waals surface area contributed by atoms with E-state index in [1.54, 1.807) is 0 Å². The zero-order valence-corrected chi connectivity index (χ0v) is 17.5. The number of hydrogen-bond acceptors (Lipinski definition) is 5. The Morgan fingerprint density at radius 2 is 1.59 bits per heavy atom. The van der Waals surface area contributed by atoms with Crippen LogP contribution >= 0.6 is 0 Å². The highest BCUT2D eigenvalue weighted by atomic mass is 16.2. The number of aromatic nitrogens is 1. The second-order valence-electron chi connectivity index (χ2n) is 7.94. The largest absolute Gasteiger partial charge is 0.368 e. The molecule has 6 nitrogen and oxygen atoms in total. The molecule has 0 spiro atoms. The van der Waals surface area contributed by atoms with Gasteiger partial charge in [-0.2, -0.15) is 0 Å². The molecule has 1 amide bonds. The number of aryl methyl sites for hydroxylation is 1. The molecular weight excluding hydrogens is 362 g/mol. The van der Waals surface area contributed by atoms with Crippen LogP contribution in [-0.2, 0) is 0 Å². The summed E-state index contributed by atoms with van der Waals surface area (Å²) in [4.78, 5) is 26.5. The summed E-state index contributed by atoms with van der Waals surface area (Å²) in [6.45, 7) is 12.8. The first-order valence-corrected chi connectivity index (χ1v) is 10.7. The maximum atomic E-state index is 12.9. The molecular formula is C23H31N5O. The Labute approximate surface area is 173 Å². The molecule has 0 atom stereocenters. The maximum Gasteiger partial charge on any atom is 0.272 e. The summed E-state index contributed by atoms with van der Waals surface area (Å²) in [6, 6.07) is 12.5. The van der Waals surface area contributed by atoms with Gasteiger partial charge in [0.1, 0.15) is 5.69 Å². The second kappa shape index (κ2) is 8.82. The highest BCUT2D eigenvalue weighted by molar-refractivity contribution is 5.92. The number of carbonyl (C=O) groups is 1. The second-order valence-corrected chi connectivity index (χ2v) is 7.94. The van der Waals surface area contributed by atoms with E-state index >= 15 is 0 Å². The molecule has 2 aliphatic rings. The molecule has 1 aromatic heterocycles. The van der Waals surface area contributed by atoms with Gasteiger partial charge in [-0.1, -0.05) is 19.1 Å². The lowest BCUT2D eigenvalue weighted by Gasteiger charge is -2.36. The third kappa shape index (κ3) is 4.53. The van der Waals surface area contributed by atoms with Crippen LogP contribution in [0.25, 0.3) is 0 Å². The van der Waals surface area contributed by atoms with Crippen molar-refractivity contribution in [3.05, 3.63) is 53.9 Å². The van der Waals surface area contributed by atoms with Gasteiger partial charge in [0, 0.05) is 58.0 Å². The van der Waals surface area contributed by atoms with E-state index in [0.717, 1.165) is 64.6 Å². The molecule has 4 rings (SSSR count). The number of anilines is 2. The van der Waals surface area contributed by atoms with E-state index in [-0.39, 0.29) is 5.91 Å². The number of piperazine rings is 2. The van der Waals surface area contributed by atoms with Crippen LogP contribution in [0.5, 0.6) is 0 Å². The van der Waals surface area contributed by atoms with Gasteiger partial charge in [-0.3, -0.25) is 4.79 Å². The minimum absolute atomic E-state index is 0.0382. The third-order valence-electron chi connectivity index (χ3n) is 6.09. The van der Waals surface area contributed by atoms with Gasteiger partial charge in [0.2, 0.25) is 0 Å². The third-order valence-corrected chi connectivity index (χ3v) is 6.09. The van der Waals surface area contributed by atoms with Crippen molar-refractivity contribution in [3.8, 4) is 0 Å². The van der Waals surface area contributed by atoms with E-state index in [1.807, 2.05) is 23.2 Å². The fourth-order valence-electron chi connectivity index (χ4n) is 4.18. The van der Waals surface area contributed by atoms with Crippen LogP contribution in [0.2, 0.25) is 0 Å². The molecule has 0 saturated carbocycles. The molecule has 0 radical (unpaired) electrons. The van der Waals surface area contributed by atoms with Crippen LogP contribution in [0.15, 0.2) is 42.6 Å². The van der Waals surface area contributed by atoms with Crippen LogP contribution in [0, 0.1) is 6.92 Å². The molecule has 154 valence electrons. The van der Waals surface area contributed by atoms with Crippen molar-refractivity contribution >= 4 is 17.3 Å². The topological polar surface area (TPSA) is 42.9 Å². The molecule has 3 heterocycles. The van der Waals surface area contributed by atoms with Gasteiger partial charge >= 0.3 is 0 Å². The minimum atomic E-state index is 0.0382. The van der Waals surface area contributed by atoms with Crippen LogP contribution in [-0.4, -0.2) is 79.6 Å².